The van der Waals surface area contributed by atoms with Crippen LogP contribution in [0.15, 0.2) is 10.7 Å². The van der Waals surface area contributed by atoms with Crippen LogP contribution in [0, 0.1) is 0 Å². The Bertz CT molecular complexity index is 307. The van der Waals surface area contributed by atoms with Gasteiger partial charge in [-0.05, 0) is 12.8 Å². The standard InChI is InChI=1S/C12H18O2/c1-7(2)10-6-14-12(8(3)4)11(10)9(5)13/h6-8H,1-5H3. The highest BCUT2D eigenvalue weighted by atomic mass is 16.3. The molecule has 2 nitrogen and oxygen atoms in total. The summed E-state index contributed by atoms with van der Waals surface area (Å²) in [6, 6.07) is 0. The molecule has 0 aliphatic heterocycles. The highest BCUT2D eigenvalue weighted by Crippen LogP contribution is 2.29. The summed E-state index contributed by atoms with van der Waals surface area (Å²) in [6.45, 7) is 9.82. The van der Waals surface area contributed by atoms with Crippen LogP contribution in [-0.4, -0.2) is 5.78 Å². The van der Waals surface area contributed by atoms with Gasteiger partial charge in [-0.2, -0.15) is 0 Å². The highest BCUT2D eigenvalue weighted by Gasteiger charge is 2.21. The van der Waals surface area contributed by atoms with Crippen LogP contribution in [0.5, 0.6) is 0 Å². The first-order valence-electron chi connectivity index (χ1n) is 5.07. The molecule has 78 valence electrons. The van der Waals surface area contributed by atoms with Gasteiger partial charge in [-0.3, -0.25) is 4.79 Å². The minimum atomic E-state index is 0.103. The lowest BCUT2D eigenvalue weighted by Gasteiger charge is -2.06. The molecule has 2 heteroatoms. The lowest BCUT2D eigenvalue weighted by molar-refractivity contribution is 0.101. The topological polar surface area (TPSA) is 30.2 Å². The van der Waals surface area contributed by atoms with Crippen LogP contribution in [0.25, 0.3) is 0 Å². The number of Topliss-reactive ketones (excluding diaryl/α,β-unsaturated/α-hetero) is 1. The molecule has 0 aliphatic carbocycles. The molecule has 1 heterocycles. The first-order valence-corrected chi connectivity index (χ1v) is 5.07. The lowest BCUT2D eigenvalue weighted by atomic mass is 9.95. The zero-order valence-corrected chi connectivity index (χ0v) is 9.55. The predicted octanol–water partition coefficient (Wildman–Crippen LogP) is 3.73. The normalized spacial score (nSPS) is 11.4. The molecule has 0 atom stereocenters. The fourth-order valence-corrected chi connectivity index (χ4v) is 1.61. The van der Waals surface area contributed by atoms with Gasteiger partial charge >= 0.3 is 0 Å². The Labute approximate surface area is 85.3 Å². The molecule has 0 radical (unpaired) electrons. The smallest absolute Gasteiger partial charge is 0.163 e. The number of ketones is 1. The molecule has 0 spiro atoms. The van der Waals surface area contributed by atoms with Crippen molar-refractivity contribution >= 4 is 5.78 Å². The number of hydrogen-bond donors (Lipinski definition) is 0. The van der Waals surface area contributed by atoms with Crippen LogP contribution in [0.3, 0.4) is 0 Å². The summed E-state index contributed by atoms with van der Waals surface area (Å²) >= 11 is 0. The van der Waals surface area contributed by atoms with E-state index in [0.29, 0.717) is 5.92 Å². The van der Waals surface area contributed by atoms with Crippen molar-refractivity contribution in [2.75, 3.05) is 0 Å². The average Bonchev–Trinajstić information content (AvgIpc) is 2.46. The van der Waals surface area contributed by atoms with Crippen molar-refractivity contribution in [1.29, 1.82) is 0 Å². The van der Waals surface area contributed by atoms with Crippen LogP contribution in [-0.2, 0) is 0 Å². The molecule has 0 N–H and O–H groups in total. The minimum absolute atomic E-state index is 0.103. The molecule has 0 unspecified atom stereocenters. The maximum atomic E-state index is 11.5. The number of carbonyl (C=O) groups is 1. The molecule has 1 aromatic rings. The molecule has 0 saturated heterocycles. The van der Waals surface area contributed by atoms with E-state index in [1.165, 1.54) is 0 Å². The second-order valence-electron chi connectivity index (χ2n) is 4.30. The summed E-state index contributed by atoms with van der Waals surface area (Å²) < 4.78 is 5.46. The number of furan rings is 1. The van der Waals surface area contributed by atoms with Crippen molar-refractivity contribution in [3.63, 3.8) is 0 Å². The van der Waals surface area contributed by atoms with Gasteiger partial charge in [0.1, 0.15) is 5.76 Å². The molecule has 0 aromatic carbocycles. The molecule has 0 amide bonds. The SMILES string of the molecule is CC(=O)c1c(C(C)C)coc1C(C)C. The highest BCUT2D eigenvalue weighted by molar-refractivity contribution is 5.96. The maximum absolute atomic E-state index is 11.5. The van der Waals surface area contributed by atoms with E-state index in [2.05, 4.69) is 13.8 Å². The molecule has 14 heavy (non-hydrogen) atoms. The molecule has 1 aromatic heterocycles. The Morgan fingerprint density at radius 1 is 1.21 bits per heavy atom. The molecule has 0 aliphatic rings. The summed E-state index contributed by atoms with van der Waals surface area (Å²) in [7, 11) is 0. The van der Waals surface area contributed by atoms with Crippen molar-refractivity contribution < 1.29 is 9.21 Å². The largest absolute Gasteiger partial charge is 0.468 e. The van der Waals surface area contributed by atoms with Crippen LogP contribution in [0.4, 0.5) is 0 Å². The molecular weight excluding hydrogens is 176 g/mol. The quantitative estimate of drug-likeness (QED) is 0.686. The van der Waals surface area contributed by atoms with Crippen molar-refractivity contribution in [3.05, 3.63) is 23.2 Å². The summed E-state index contributed by atoms with van der Waals surface area (Å²) in [5, 5.41) is 0. The summed E-state index contributed by atoms with van der Waals surface area (Å²) in [5.74, 6) is 1.53. The summed E-state index contributed by atoms with van der Waals surface area (Å²) in [6.07, 6.45) is 1.72. The van der Waals surface area contributed by atoms with Gasteiger partial charge in [0, 0.05) is 11.5 Å². The third-order valence-corrected chi connectivity index (χ3v) is 2.35. The predicted molar refractivity (Wildman–Crippen MR) is 56.9 cm³/mol. The lowest BCUT2D eigenvalue weighted by Crippen LogP contribution is -2.02. The van der Waals surface area contributed by atoms with Crippen LogP contribution in [0.2, 0.25) is 0 Å². The van der Waals surface area contributed by atoms with Gasteiger partial charge in [-0.15, -0.1) is 0 Å². The maximum Gasteiger partial charge on any atom is 0.163 e. The van der Waals surface area contributed by atoms with E-state index in [4.69, 9.17) is 4.42 Å². The third kappa shape index (κ3) is 1.89. The Hall–Kier alpha value is -1.05. The monoisotopic (exact) mass is 194 g/mol. The van der Waals surface area contributed by atoms with Crippen LogP contribution in [0.1, 0.15) is 68.1 Å². The Balaban J connectivity index is 3.28. The van der Waals surface area contributed by atoms with E-state index >= 15 is 0 Å². The first kappa shape index (κ1) is 11.0. The van der Waals surface area contributed by atoms with Gasteiger partial charge in [0.2, 0.25) is 0 Å². The Morgan fingerprint density at radius 3 is 2.14 bits per heavy atom. The zero-order valence-electron chi connectivity index (χ0n) is 9.55. The molecule has 0 fully saturated rings. The number of hydrogen-bond acceptors (Lipinski definition) is 2. The van der Waals surface area contributed by atoms with E-state index < -0.39 is 0 Å². The third-order valence-electron chi connectivity index (χ3n) is 2.35. The summed E-state index contributed by atoms with van der Waals surface area (Å²) in [5.41, 5.74) is 1.82. The number of rotatable bonds is 3. The van der Waals surface area contributed by atoms with Gasteiger partial charge in [0.05, 0.1) is 11.8 Å². The Morgan fingerprint density at radius 2 is 1.79 bits per heavy atom. The van der Waals surface area contributed by atoms with Crippen molar-refractivity contribution in [1.82, 2.24) is 0 Å². The second-order valence-corrected chi connectivity index (χ2v) is 4.30. The van der Waals surface area contributed by atoms with Crippen molar-refractivity contribution in [3.8, 4) is 0 Å². The molecule has 0 bridgehead atoms. The van der Waals surface area contributed by atoms with Gasteiger partial charge < -0.3 is 4.42 Å². The van der Waals surface area contributed by atoms with E-state index in [0.717, 1.165) is 16.9 Å². The molecular formula is C12H18O2. The van der Waals surface area contributed by atoms with E-state index in [1.807, 2.05) is 13.8 Å². The zero-order chi connectivity index (χ0) is 10.9. The van der Waals surface area contributed by atoms with Crippen LogP contribution < -0.4 is 0 Å². The second kappa shape index (κ2) is 3.99. The Kier molecular flexibility index (Phi) is 3.14. The summed E-state index contributed by atoms with van der Waals surface area (Å²) in [4.78, 5) is 11.5. The van der Waals surface area contributed by atoms with E-state index in [1.54, 1.807) is 13.2 Å². The fourth-order valence-electron chi connectivity index (χ4n) is 1.61. The van der Waals surface area contributed by atoms with E-state index in [-0.39, 0.29) is 11.7 Å². The van der Waals surface area contributed by atoms with Gasteiger partial charge in [-0.1, -0.05) is 27.7 Å². The van der Waals surface area contributed by atoms with Crippen LogP contribution >= 0.6 is 0 Å². The van der Waals surface area contributed by atoms with Gasteiger partial charge in [-0.25, -0.2) is 0 Å². The average molecular weight is 194 g/mol. The minimum Gasteiger partial charge on any atom is -0.468 e. The fraction of sp³-hybridized carbons (Fsp3) is 0.583. The van der Waals surface area contributed by atoms with Gasteiger partial charge in [0.15, 0.2) is 5.78 Å². The van der Waals surface area contributed by atoms with Gasteiger partial charge in [0.25, 0.3) is 0 Å². The first-order chi connectivity index (χ1) is 6.45. The van der Waals surface area contributed by atoms with Crippen molar-refractivity contribution in [2.45, 2.75) is 46.5 Å². The molecule has 1 rings (SSSR count). The molecule has 0 saturated carbocycles. The van der Waals surface area contributed by atoms with E-state index in [9.17, 15) is 4.79 Å². The van der Waals surface area contributed by atoms with Crippen molar-refractivity contribution in [2.24, 2.45) is 0 Å². The number of carbonyl (C=O) groups excluding carboxylic acids is 1.